The van der Waals surface area contributed by atoms with E-state index in [4.69, 9.17) is 32.7 Å². The summed E-state index contributed by atoms with van der Waals surface area (Å²) in [5, 5.41) is 0.713. The first-order valence-electron chi connectivity index (χ1n) is 11.7. The smallest absolute Gasteiger partial charge is 0.119 e. The van der Waals surface area contributed by atoms with E-state index in [1.807, 2.05) is 48.5 Å². The molecule has 2 nitrogen and oxygen atoms in total. The minimum atomic E-state index is 0.494. The first-order valence-corrected chi connectivity index (χ1v) is 12.6. The van der Waals surface area contributed by atoms with E-state index < -0.39 is 0 Å². The SMILES string of the molecule is ClCC/C(=C(\c1ccc(Cl)cc1)c1ccc(OCCOCc2ccccc2)cc1)c1ccccc1. The van der Waals surface area contributed by atoms with E-state index in [0.29, 0.717) is 30.7 Å². The van der Waals surface area contributed by atoms with Crippen molar-refractivity contribution in [3.05, 3.63) is 136 Å². The Morgan fingerprint density at radius 1 is 0.629 bits per heavy atom. The van der Waals surface area contributed by atoms with Gasteiger partial charge in [-0.1, -0.05) is 96.5 Å². The molecule has 35 heavy (non-hydrogen) atoms. The van der Waals surface area contributed by atoms with Gasteiger partial charge in [-0.3, -0.25) is 0 Å². The predicted octanol–water partition coefficient (Wildman–Crippen LogP) is 8.52. The maximum atomic E-state index is 6.25. The zero-order valence-electron chi connectivity index (χ0n) is 19.5. The summed E-state index contributed by atoms with van der Waals surface area (Å²) in [7, 11) is 0. The van der Waals surface area contributed by atoms with Gasteiger partial charge in [0.2, 0.25) is 0 Å². The third kappa shape index (κ3) is 7.22. The van der Waals surface area contributed by atoms with Crippen molar-refractivity contribution in [3.63, 3.8) is 0 Å². The standard InChI is InChI=1S/C31H28Cl2O2/c32-20-19-30(25-9-5-2-6-10-25)31(26-11-15-28(33)16-12-26)27-13-17-29(18-14-27)35-22-21-34-23-24-7-3-1-4-8-24/h1-18H,19-23H2/b31-30-. The minimum Gasteiger partial charge on any atom is -0.491 e. The monoisotopic (exact) mass is 502 g/mol. The van der Waals surface area contributed by atoms with Crippen LogP contribution in [-0.2, 0) is 11.3 Å². The molecule has 0 radical (unpaired) electrons. The van der Waals surface area contributed by atoms with Gasteiger partial charge in [-0.05, 0) is 64.1 Å². The Morgan fingerprint density at radius 3 is 1.86 bits per heavy atom. The first kappa shape index (κ1) is 25.1. The first-order chi connectivity index (χ1) is 17.2. The van der Waals surface area contributed by atoms with Crippen LogP contribution in [0.25, 0.3) is 11.1 Å². The van der Waals surface area contributed by atoms with Gasteiger partial charge in [0.25, 0.3) is 0 Å². The van der Waals surface area contributed by atoms with Crippen molar-refractivity contribution in [2.24, 2.45) is 0 Å². The van der Waals surface area contributed by atoms with Crippen LogP contribution >= 0.6 is 23.2 Å². The van der Waals surface area contributed by atoms with Crippen LogP contribution in [0.1, 0.15) is 28.7 Å². The lowest BCUT2D eigenvalue weighted by Gasteiger charge is -2.17. The number of rotatable bonds is 11. The maximum Gasteiger partial charge on any atom is 0.119 e. The van der Waals surface area contributed by atoms with E-state index in [9.17, 15) is 0 Å². The summed E-state index contributed by atoms with van der Waals surface area (Å²) in [6.45, 7) is 1.61. The van der Waals surface area contributed by atoms with Crippen LogP contribution in [0.5, 0.6) is 5.75 Å². The van der Waals surface area contributed by atoms with Crippen LogP contribution in [0.3, 0.4) is 0 Å². The van der Waals surface area contributed by atoms with Gasteiger partial charge in [0.05, 0.1) is 13.2 Å². The summed E-state index contributed by atoms with van der Waals surface area (Å²) in [6.07, 6.45) is 0.751. The fourth-order valence-electron chi connectivity index (χ4n) is 3.98. The van der Waals surface area contributed by atoms with Crippen molar-refractivity contribution in [3.8, 4) is 5.75 Å². The van der Waals surface area contributed by atoms with Gasteiger partial charge in [-0.2, -0.15) is 0 Å². The quantitative estimate of drug-likeness (QED) is 0.116. The van der Waals surface area contributed by atoms with Crippen LogP contribution in [0.4, 0.5) is 0 Å². The number of benzene rings is 4. The summed E-state index contributed by atoms with van der Waals surface area (Å²) < 4.78 is 11.6. The summed E-state index contributed by atoms with van der Waals surface area (Å²) in [5.41, 5.74) is 6.86. The number of hydrogen-bond donors (Lipinski definition) is 0. The molecule has 4 aromatic rings. The van der Waals surface area contributed by atoms with E-state index in [2.05, 4.69) is 60.7 Å². The van der Waals surface area contributed by atoms with Gasteiger partial charge in [-0.25, -0.2) is 0 Å². The van der Waals surface area contributed by atoms with Crippen molar-refractivity contribution in [2.75, 3.05) is 19.1 Å². The lowest BCUT2D eigenvalue weighted by molar-refractivity contribution is 0.0889. The second-order valence-electron chi connectivity index (χ2n) is 8.08. The van der Waals surface area contributed by atoms with Crippen LogP contribution in [0.15, 0.2) is 109 Å². The number of hydrogen-bond acceptors (Lipinski definition) is 2. The Kier molecular flexibility index (Phi) is 9.42. The van der Waals surface area contributed by atoms with Crippen LogP contribution in [0.2, 0.25) is 5.02 Å². The van der Waals surface area contributed by atoms with E-state index in [0.717, 1.165) is 40.0 Å². The number of allylic oxidation sites excluding steroid dienone is 1. The molecule has 4 heteroatoms. The average molecular weight is 503 g/mol. The minimum absolute atomic E-state index is 0.494. The molecule has 0 amide bonds. The topological polar surface area (TPSA) is 18.5 Å². The van der Waals surface area contributed by atoms with E-state index in [-0.39, 0.29) is 0 Å². The summed E-state index contributed by atoms with van der Waals surface area (Å²) in [5.74, 6) is 1.34. The molecule has 0 aromatic heterocycles. The van der Waals surface area contributed by atoms with Crippen molar-refractivity contribution in [1.82, 2.24) is 0 Å². The Morgan fingerprint density at radius 2 is 1.23 bits per heavy atom. The van der Waals surface area contributed by atoms with Gasteiger partial charge >= 0.3 is 0 Å². The molecule has 0 saturated heterocycles. The number of halogens is 2. The molecule has 0 heterocycles. The predicted molar refractivity (Wildman–Crippen MR) is 147 cm³/mol. The Bertz CT molecular complexity index is 1200. The van der Waals surface area contributed by atoms with Crippen LogP contribution < -0.4 is 4.74 Å². The third-order valence-electron chi connectivity index (χ3n) is 5.65. The van der Waals surface area contributed by atoms with E-state index >= 15 is 0 Å². The fraction of sp³-hybridized carbons (Fsp3) is 0.161. The zero-order valence-corrected chi connectivity index (χ0v) is 21.0. The Hall–Kier alpha value is -3.04. The molecular weight excluding hydrogens is 475 g/mol. The molecule has 4 aromatic carbocycles. The summed E-state index contributed by atoms with van der Waals surface area (Å²) in [4.78, 5) is 0. The molecule has 0 N–H and O–H groups in total. The molecule has 0 fully saturated rings. The average Bonchev–Trinajstić information content (AvgIpc) is 2.91. The largest absolute Gasteiger partial charge is 0.491 e. The van der Waals surface area contributed by atoms with Crippen molar-refractivity contribution in [1.29, 1.82) is 0 Å². The summed E-state index contributed by atoms with van der Waals surface area (Å²) >= 11 is 12.4. The van der Waals surface area contributed by atoms with Gasteiger partial charge in [-0.15, -0.1) is 11.6 Å². The molecule has 0 aliphatic carbocycles. The van der Waals surface area contributed by atoms with Crippen LogP contribution in [-0.4, -0.2) is 19.1 Å². The zero-order chi connectivity index (χ0) is 24.3. The van der Waals surface area contributed by atoms with Crippen LogP contribution in [0, 0.1) is 0 Å². The Labute approximate surface area is 217 Å². The van der Waals surface area contributed by atoms with E-state index in [1.165, 1.54) is 5.57 Å². The maximum absolute atomic E-state index is 6.25. The molecule has 0 aliphatic heterocycles. The highest BCUT2D eigenvalue weighted by Crippen LogP contribution is 2.35. The molecule has 0 unspecified atom stereocenters. The fourth-order valence-corrected chi connectivity index (χ4v) is 4.29. The van der Waals surface area contributed by atoms with Gasteiger partial charge in [0.1, 0.15) is 12.4 Å². The van der Waals surface area contributed by atoms with Crippen molar-refractivity contribution < 1.29 is 9.47 Å². The van der Waals surface area contributed by atoms with Gasteiger partial charge < -0.3 is 9.47 Å². The molecule has 0 bridgehead atoms. The van der Waals surface area contributed by atoms with Crippen molar-refractivity contribution in [2.45, 2.75) is 13.0 Å². The lowest BCUT2D eigenvalue weighted by Crippen LogP contribution is -2.06. The Balaban J connectivity index is 1.52. The molecule has 0 atom stereocenters. The molecule has 0 spiro atoms. The second kappa shape index (κ2) is 13.2. The summed E-state index contributed by atoms with van der Waals surface area (Å²) in [6, 6.07) is 36.7. The molecular formula is C31H28Cl2O2. The second-order valence-corrected chi connectivity index (χ2v) is 8.89. The molecule has 178 valence electrons. The normalized spacial score (nSPS) is 11.7. The highest BCUT2D eigenvalue weighted by molar-refractivity contribution is 6.30. The lowest BCUT2D eigenvalue weighted by atomic mass is 9.88. The van der Waals surface area contributed by atoms with Crippen molar-refractivity contribution >= 4 is 34.3 Å². The van der Waals surface area contributed by atoms with E-state index in [1.54, 1.807) is 0 Å². The van der Waals surface area contributed by atoms with Gasteiger partial charge in [0, 0.05) is 10.9 Å². The highest BCUT2D eigenvalue weighted by atomic mass is 35.5. The highest BCUT2D eigenvalue weighted by Gasteiger charge is 2.14. The molecule has 0 saturated carbocycles. The molecule has 4 rings (SSSR count). The third-order valence-corrected chi connectivity index (χ3v) is 6.09. The number of ether oxygens (including phenoxy) is 2. The molecule has 0 aliphatic rings. The number of alkyl halides is 1. The van der Waals surface area contributed by atoms with Gasteiger partial charge in [0.15, 0.2) is 0 Å².